The molecule has 6 nitrogen and oxygen atoms in total. The average molecular weight is 232 g/mol. The Morgan fingerprint density at radius 1 is 1.38 bits per heavy atom. The maximum atomic E-state index is 10.9. The highest BCUT2D eigenvalue weighted by atomic mass is 16.7. The van der Waals surface area contributed by atoms with E-state index in [4.69, 9.17) is 19.3 Å². The third kappa shape index (κ3) is 4.59. The van der Waals surface area contributed by atoms with Crippen molar-refractivity contribution in [1.29, 1.82) is 0 Å². The zero-order chi connectivity index (χ0) is 12.0. The summed E-state index contributed by atoms with van der Waals surface area (Å²) in [5.41, 5.74) is 0. The summed E-state index contributed by atoms with van der Waals surface area (Å²) >= 11 is 0. The minimum Gasteiger partial charge on any atom is -0.481 e. The van der Waals surface area contributed by atoms with Gasteiger partial charge in [0.2, 0.25) is 0 Å². The van der Waals surface area contributed by atoms with E-state index in [1.807, 2.05) is 6.92 Å². The first-order chi connectivity index (χ1) is 7.52. The third-order valence-electron chi connectivity index (χ3n) is 2.23. The Bertz CT molecular complexity index is 256. The molecule has 0 spiro atoms. The Balaban J connectivity index is 2.07. The van der Waals surface area contributed by atoms with Gasteiger partial charge in [0, 0.05) is 6.42 Å². The van der Waals surface area contributed by atoms with Gasteiger partial charge >= 0.3 is 11.9 Å². The molecule has 0 aromatic carbocycles. The summed E-state index contributed by atoms with van der Waals surface area (Å²) in [7, 11) is 0. The third-order valence-corrected chi connectivity index (χ3v) is 2.23. The predicted molar refractivity (Wildman–Crippen MR) is 52.8 cm³/mol. The van der Waals surface area contributed by atoms with Crippen molar-refractivity contribution >= 4 is 11.9 Å². The number of esters is 1. The first-order valence-corrected chi connectivity index (χ1v) is 5.17. The van der Waals surface area contributed by atoms with Crippen LogP contribution in [0.5, 0.6) is 0 Å². The molecular weight excluding hydrogens is 216 g/mol. The fourth-order valence-corrected chi connectivity index (χ4v) is 1.45. The molecule has 1 aliphatic heterocycles. The number of hydrogen-bond donors (Lipinski definition) is 1. The number of rotatable bonds is 6. The molecule has 1 saturated heterocycles. The standard InChI is InChI=1S/C10H16O6/c1-10(15-5-6-16-10)3-2-4-14-9(13)7-8(11)12/h2-7H2,1H3,(H,11,12). The summed E-state index contributed by atoms with van der Waals surface area (Å²) in [5, 5.41) is 8.31. The van der Waals surface area contributed by atoms with Gasteiger partial charge in [-0.25, -0.2) is 0 Å². The number of carboxylic acid groups (broad SMARTS) is 1. The zero-order valence-corrected chi connectivity index (χ0v) is 9.23. The van der Waals surface area contributed by atoms with Crippen LogP contribution in [0.3, 0.4) is 0 Å². The maximum absolute atomic E-state index is 10.9. The van der Waals surface area contributed by atoms with Gasteiger partial charge in [-0.2, -0.15) is 0 Å². The predicted octanol–water partition coefficient (Wildman–Crippen LogP) is 0.548. The molecule has 0 aliphatic carbocycles. The van der Waals surface area contributed by atoms with E-state index in [-0.39, 0.29) is 6.61 Å². The highest BCUT2D eigenvalue weighted by molar-refractivity contribution is 5.90. The summed E-state index contributed by atoms with van der Waals surface area (Å²) in [6.45, 7) is 3.18. The Labute approximate surface area is 93.5 Å². The van der Waals surface area contributed by atoms with Crippen molar-refractivity contribution in [2.75, 3.05) is 19.8 Å². The van der Waals surface area contributed by atoms with E-state index in [0.29, 0.717) is 26.1 Å². The maximum Gasteiger partial charge on any atom is 0.317 e. The lowest BCUT2D eigenvalue weighted by Gasteiger charge is -2.21. The van der Waals surface area contributed by atoms with Crippen molar-refractivity contribution in [3.8, 4) is 0 Å². The van der Waals surface area contributed by atoms with Gasteiger partial charge in [-0.05, 0) is 13.3 Å². The second-order valence-corrected chi connectivity index (χ2v) is 3.73. The SMILES string of the molecule is CC1(CCCOC(=O)CC(=O)O)OCCO1. The summed E-state index contributed by atoms with van der Waals surface area (Å²) in [6, 6.07) is 0. The lowest BCUT2D eigenvalue weighted by atomic mass is 10.2. The molecule has 0 amide bonds. The first kappa shape index (κ1) is 12.9. The van der Waals surface area contributed by atoms with Crippen LogP contribution in [0.4, 0.5) is 0 Å². The fraction of sp³-hybridized carbons (Fsp3) is 0.800. The Kier molecular flexibility index (Phi) is 4.70. The smallest absolute Gasteiger partial charge is 0.317 e. The van der Waals surface area contributed by atoms with Gasteiger partial charge in [0.15, 0.2) is 5.79 Å². The van der Waals surface area contributed by atoms with E-state index in [1.54, 1.807) is 0 Å². The fourth-order valence-electron chi connectivity index (χ4n) is 1.45. The Morgan fingerprint density at radius 2 is 2.00 bits per heavy atom. The van der Waals surface area contributed by atoms with E-state index >= 15 is 0 Å². The summed E-state index contributed by atoms with van der Waals surface area (Å²) in [5.74, 6) is -2.48. The molecule has 1 N–H and O–H groups in total. The first-order valence-electron chi connectivity index (χ1n) is 5.17. The highest BCUT2D eigenvalue weighted by Crippen LogP contribution is 2.23. The molecule has 0 radical (unpaired) electrons. The van der Waals surface area contributed by atoms with Gasteiger partial charge < -0.3 is 19.3 Å². The number of aliphatic carboxylic acids is 1. The highest BCUT2D eigenvalue weighted by Gasteiger charge is 2.30. The van der Waals surface area contributed by atoms with Crippen molar-refractivity contribution in [2.45, 2.75) is 32.0 Å². The average Bonchev–Trinajstić information content (AvgIpc) is 2.59. The van der Waals surface area contributed by atoms with Gasteiger partial charge in [-0.3, -0.25) is 9.59 Å². The number of carboxylic acids is 1. The molecule has 0 bridgehead atoms. The van der Waals surface area contributed by atoms with Crippen LogP contribution in [0.2, 0.25) is 0 Å². The van der Waals surface area contributed by atoms with Crippen LogP contribution in [0.25, 0.3) is 0 Å². The molecule has 1 aliphatic rings. The molecule has 0 unspecified atom stereocenters. The van der Waals surface area contributed by atoms with Crippen LogP contribution in [0, 0.1) is 0 Å². The monoisotopic (exact) mass is 232 g/mol. The topological polar surface area (TPSA) is 82.1 Å². The molecule has 1 fully saturated rings. The largest absolute Gasteiger partial charge is 0.481 e. The normalized spacial score (nSPS) is 18.3. The number of hydrogen-bond acceptors (Lipinski definition) is 5. The minimum absolute atomic E-state index is 0.189. The lowest BCUT2D eigenvalue weighted by Crippen LogP contribution is -2.26. The van der Waals surface area contributed by atoms with Gasteiger partial charge in [0.1, 0.15) is 6.42 Å². The Morgan fingerprint density at radius 3 is 2.56 bits per heavy atom. The van der Waals surface area contributed by atoms with Crippen LogP contribution in [-0.2, 0) is 23.8 Å². The number of ether oxygens (including phenoxy) is 3. The van der Waals surface area contributed by atoms with Crippen LogP contribution in [-0.4, -0.2) is 42.7 Å². The molecule has 0 atom stereocenters. The van der Waals surface area contributed by atoms with Crippen molar-refractivity contribution in [1.82, 2.24) is 0 Å². The minimum atomic E-state index is -1.18. The van der Waals surface area contributed by atoms with E-state index in [1.165, 1.54) is 0 Å². The van der Waals surface area contributed by atoms with Crippen molar-refractivity contribution < 1.29 is 28.9 Å². The molecule has 1 heterocycles. The van der Waals surface area contributed by atoms with E-state index < -0.39 is 24.1 Å². The lowest BCUT2D eigenvalue weighted by molar-refractivity contribution is -0.157. The second kappa shape index (κ2) is 5.81. The van der Waals surface area contributed by atoms with Gasteiger partial charge in [0.25, 0.3) is 0 Å². The van der Waals surface area contributed by atoms with E-state index in [9.17, 15) is 9.59 Å². The second-order valence-electron chi connectivity index (χ2n) is 3.73. The molecule has 1 rings (SSSR count). The number of carbonyl (C=O) groups is 2. The van der Waals surface area contributed by atoms with Crippen LogP contribution in [0.1, 0.15) is 26.2 Å². The molecular formula is C10H16O6. The molecule has 6 heteroatoms. The van der Waals surface area contributed by atoms with Crippen molar-refractivity contribution in [3.63, 3.8) is 0 Å². The van der Waals surface area contributed by atoms with E-state index in [0.717, 1.165) is 0 Å². The molecule has 92 valence electrons. The van der Waals surface area contributed by atoms with E-state index in [2.05, 4.69) is 0 Å². The van der Waals surface area contributed by atoms with Crippen LogP contribution < -0.4 is 0 Å². The zero-order valence-electron chi connectivity index (χ0n) is 9.23. The number of carbonyl (C=O) groups excluding carboxylic acids is 1. The molecule has 16 heavy (non-hydrogen) atoms. The van der Waals surface area contributed by atoms with Crippen LogP contribution in [0.15, 0.2) is 0 Å². The quantitative estimate of drug-likeness (QED) is 0.409. The molecule has 0 aromatic rings. The van der Waals surface area contributed by atoms with Gasteiger partial charge in [-0.1, -0.05) is 0 Å². The Hall–Kier alpha value is -1.14. The van der Waals surface area contributed by atoms with Crippen molar-refractivity contribution in [2.24, 2.45) is 0 Å². The summed E-state index contributed by atoms with van der Waals surface area (Å²) in [4.78, 5) is 21.0. The van der Waals surface area contributed by atoms with Gasteiger partial charge in [-0.15, -0.1) is 0 Å². The molecule has 0 aromatic heterocycles. The van der Waals surface area contributed by atoms with Crippen LogP contribution >= 0.6 is 0 Å². The summed E-state index contributed by atoms with van der Waals surface area (Å²) < 4.78 is 15.4. The summed E-state index contributed by atoms with van der Waals surface area (Å²) in [6.07, 6.45) is 0.611. The van der Waals surface area contributed by atoms with Crippen molar-refractivity contribution in [3.05, 3.63) is 0 Å². The van der Waals surface area contributed by atoms with Gasteiger partial charge in [0.05, 0.1) is 19.8 Å². The molecule has 0 saturated carbocycles.